The van der Waals surface area contributed by atoms with Crippen molar-refractivity contribution in [2.45, 2.75) is 11.3 Å². The van der Waals surface area contributed by atoms with E-state index in [9.17, 15) is 21.6 Å². The second-order valence-corrected chi connectivity index (χ2v) is 4.79. The van der Waals surface area contributed by atoms with E-state index in [0.29, 0.717) is 0 Å². The van der Waals surface area contributed by atoms with E-state index >= 15 is 0 Å². The van der Waals surface area contributed by atoms with E-state index in [1.54, 1.807) is 0 Å². The van der Waals surface area contributed by atoms with Crippen LogP contribution in [0.25, 0.3) is 0 Å². The normalized spacial score (nSPS) is 12.5. The zero-order valence-electron chi connectivity index (χ0n) is 8.02. The van der Waals surface area contributed by atoms with Crippen molar-refractivity contribution in [2.24, 2.45) is 0 Å². The van der Waals surface area contributed by atoms with Gasteiger partial charge in [0.2, 0.25) is 15.0 Å². The van der Waals surface area contributed by atoms with Crippen LogP contribution in [0.2, 0.25) is 0 Å². The molecule has 0 amide bonds. The summed E-state index contributed by atoms with van der Waals surface area (Å²) >= 11 is 0. The average molecular weight is 256 g/mol. The van der Waals surface area contributed by atoms with Crippen LogP contribution in [-0.4, -0.2) is 37.4 Å². The maximum absolute atomic E-state index is 11.7. The lowest BCUT2D eigenvalue weighted by molar-refractivity contribution is -0.153. The van der Waals surface area contributed by atoms with Crippen LogP contribution in [0.3, 0.4) is 0 Å². The summed E-state index contributed by atoms with van der Waals surface area (Å²) in [7, 11) is -3.56. The molecule has 0 aliphatic heterocycles. The van der Waals surface area contributed by atoms with Crippen molar-refractivity contribution >= 4 is 9.84 Å². The van der Waals surface area contributed by atoms with Crippen LogP contribution >= 0.6 is 0 Å². The summed E-state index contributed by atoms with van der Waals surface area (Å²) in [5.74, 6) is -0.246. The highest BCUT2D eigenvalue weighted by molar-refractivity contribution is 7.90. The molecule has 0 unspecified atom stereocenters. The molecule has 5 nitrogen and oxygen atoms in total. The molecule has 0 aliphatic rings. The van der Waals surface area contributed by atoms with Crippen molar-refractivity contribution in [2.75, 3.05) is 12.9 Å². The van der Waals surface area contributed by atoms with E-state index in [-0.39, 0.29) is 5.75 Å². The van der Waals surface area contributed by atoms with Crippen LogP contribution in [0.15, 0.2) is 17.6 Å². The molecule has 0 saturated heterocycles. The van der Waals surface area contributed by atoms with Crippen molar-refractivity contribution in [3.8, 4) is 5.75 Å². The van der Waals surface area contributed by atoms with E-state index < -0.39 is 27.8 Å². The molecule has 0 saturated carbocycles. The van der Waals surface area contributed by atoms with Gasteiger partial charge in [-0.25, -0.2) is 18.4 Å². The van der Waals surface area contributed by atoms with Crippen molar-refractivity contribution in [3.05, 3.63) is 12.4 Å². The first-order chi connectivity index (χ1) is 7.18. The van der Waals surface area contributed by atoms with Gasteiger partial charge in [0.15, 0.2) is 12.4 Å². The molecule has 16 heavy (non-hydrogen) atoms. The highest BCUT2D eigenvalue weighted by Gasteiger charge is 2.28. The van der Waals surface area contributed by atoms with E-state index in [4.69, 9.17) is 0 Å². The van der Waals surface area contributed by atoms with Crippen LogP contribution in [0.1, 0.15) is 0 Å². The Balaban J connectivity index is 2.73. The summed E-state index contributed by atoms with van der Waals surface area (Å²) in [6.45, 7) is -1.48. The van der Waals surface area contributed by atoms with Gasteiger partial charge in [0.1, 0.15) is 0 Å². The maximum atomic E-state index is 11.7. The van der Waals surface area contributed by atoms with E-state index in [0.717, 1.165) is 18.6 Å². The van der Waals surface area contributed by atoms with Gasteiger partial charge in [-0.1, -0.05) is 0 Å². The van der Waals surface area contributed by atoms with Crippen LogP contribution in [0, 0.1) is 0 Å². The lowest BCUT2D eigenvalue weighted by Gasteiger charge is -2.08. The number of halogens is 3. The first-order valence-electron chi connectivity index (χ1n) is 3.90. The molecule has 90 valence electrons. The summed E-state index contributed by atoms with van der Waals surface area (Å²) < 4.78 is 61.4. The highest BCUT2D eigenvalue weighted by atomic mass is 32.2. The Hall–Kier alpha value is -1.38. The molecule has 0 aliphatic carbocycles. The Morgan fingerprint density at radius 3 is 2.19 bits per heavy atom. The Labute approximate surface area is 89.2 Å². The Bertz CT molecular complexity index is 455. The number of rotatable bonds is 3. The third-order valence-electron chi connectivity index (χ3n) is 1.34. The minimum absolute atomic E-state index is 0.246. The van der Waals surface area contributed by atoms with Gasteiger partial charge in [0.25, 0.3) is 0 Å². The summed E-state index contributed by atoms with van der Waals surface area (Å²) in [5, 5.41) is -0.466. The molecule has 1 heterocycles. The minimum Gasteiger partial charge on any atom is -0.481 e. The first-order valence-corrected chi connectivity index (χ1v) is 5.79. The molecule has 0 atom stereocenters. The van der Waals surface area contributed by atoms with Gasteiger partial charge in [-0.2, -0.15) is 13.2 Å². The number of sulfone groups is 1. The molecule has 1 rings (SSSR count). The van der Waals surface area contributed by atoms with Gasteiger partial charge >= 0.3 is 6.18 Å². The van der Waals surface area contributed by atoms with Crippen molar-refractivity contribution < 1.29 is 26.3 Å². The monoisotopic (exact) mass is 256 g/mol. The van der Waals surface area contributed by atoms with Gasteiger partial charge in [0.05, 0.1) is 12.4 Å². The fourth-order valence-electron chi connectivity index (χ4n) is 0.736. The van der Waals surface area contributed by atoms with Gasteiger partial charge in [-0.15, -0.1) is 0 Å². The van der Waals surface area contributed by atoms with Crippen LogP contribution in [0.5, 0.6) is 5.75 Å². The largest absolute Gasteiger partial charge is 0.481 e. The summed E-state index contributed by atoms with van der Waals surface area (Å²) in [5.41, 5.74) is 0. The average Bonchev–Trinajstić information content (AvgIpc) is 2.13. The predicted molar refractivity (Wildman–Crippen MR) is 46.7 cm³/mol. The fourth-order valence-corrected chi connectivity index (χ4v) is 1.22. The van der Waals surface area contributed by atoms with Crippen LogP contribution in [0.4, 0.5) is 13.2 Å². The molecular formula is C7H7F3N2O3S. The SMILES string of the molecule is CS(=O)(=O)c1ncc(OCC(F)(F)F)cn1. The number of hydrogen-bond acceptors (Lipinski definition) is 5. The Kier molecular flexibility index (Phi) is 3.36. The van der Waals surface area contributed by atoms with Crippen molar-refractivity contribution in [3.63, 3.8) is 0 Å². The van der Waals surface area contributed by atoms with Crippen LogP contribution in [-0.2, 0) is 9.84 Å². The molecule has 0 spiro atoms. The first kappa shape index (κ1) is 12.7. The van der Waals surface area contributed by atoms with Gasteiger partial charge < -0.3 is 4.74 Å². The molecule has 0 radical (unpaired) electrons. The standard InChI is InChI=1S/C7H7F3N2O3S/c1-16(13,14)6-11-2-5(3-12-6)15-4-7(8,9)10/h2-3H,4H2,1H3. The van der Waals surface area contributed by atoms with Crippen LogP contribution < -0.4 is 4.74 Å². The molecule has 9 heteroatoms. The molecule has 0 N–H and O–H groups in total. The van der Waals surface area contributed by atoms with Gasteiger partial charge in [-0.05, 0) is 0 Å². The lowest BCUT2D eigenvalue weighted by Crippen LogP contribution is -2.19. The minimum atomic E-state index is -4.46. The summed E-state index contributed by atoms with van der Waals surface area (Å²) in [4.78, 5) is 6.72. The third-order valence-corrected chi connectivity index (χ3v) is 2.21. The number of aromatic nitrogens is 2. The number of nitrogens with zero attached hydrogens (tertiary/aromatic N) is 2. The smallest absolute Gasteiger partial charge is 0.422 e. The third kappa shape index (κ3) is 4.01. The lowest BCUT2D eigenvalue weighted by atomic mass is 10.6. The summed E-state index contributed by atoms with van der Waals surface area (Å²) in [6, 6.07) is 0. The Morgan fingerprint density at radius 1 is 1.31 bits per heavy atom. The van der Waals surface area contributed by atoms with E-state index in [2.05, 4.69) is 14.7 Å². The van der Waals surface area contributed by atoms with E-state index in [1.165, 1.54) is 0 Å². The number of hydrogen-bond donors (Lipinski definition) is 0. The second-order valence-electron chi connectivity index (χ2n) is 2.88. The molecule has 1 aromatic heterocycles. The number of ether oxygens (including phenoxy) is 1. The zero-order valence-corrected chi connectivity index (χ0v) is 8.84. The maximum Gasteiger partial charge on any atom is 0.422 e. The second kappa shape index (κ2) is 4.24. The number of alkyl halides is 3. The zero-order chi connectivity index (χ0) is 12.4. The predicted octanol–water partition coefficient (Wildman–Crippen LogP) is 0.821. The highest BCUT2D eigenvalue weighted by Crippen LogP contribution is 2.17. The molecular weight excluding hydrogens is 249 g/mol. The van der Waals surface area contributed by atoms with Gasteiger partial charge in [-0.3, -0.25) is 0 Å². The summed E-state index contributed by atoms with van der Waals surface area (Å²) in [6.07, 6.45) is -1.83. The Morgan fingerprint density at radius 2 is 1.81 bits per heavy atom. The van der Waals surface area contributed by atoms with Crippen molar-refractivity contribution in [1.82, 2.24) is 9.97 Å². The topological polar surface area (TPSA) is 69.2 Å². The molecule has 0 aromatic carbocycles. The molecule has 0 bridgehead atoms. The van der Waals surface area contributed by atoms with Crippen molar-refractivity contribution in [1.29, 1.82) is 0 Å². The van der Waals surface area contributed by atoms with Gasteiger partial charge in [0, 0.05) is 6.26 Å². The fraction of sp³-hybridized carbons (Fsp3) is 0.429. The van der Waals surface area contributed by atoms with E-state index in [1.807, 2.05) is 0 Å². The molecule has 1 aromatic rings. The quantitative estimate of drug-likeness (QED) is 0.749. The molecule has 0 fully saturated rings.